The molecule has 0 bridgehead atoms. The molecule has 4 unspecified atom stereocenters. The van der Waals surface area contributed by atoms with Crippen LogP contribution >= 0.6 is 0 Å². The molecule has 3 aromatic heterocycles. The molecule has 10 nitrogen and oxygen atoms in total. The number of aliphatic hydroxyl groups excluding tert-OH is 2. The first-order valence-electron chi connectivity index (χ1n) is 8.58. The third-order valence-corrected chi connectivity index (χ3v) is 4.70. The van der Waals surface area contributed by atoms with Crippen molar-refractivity contribution in [1.29, 1.82) is 0 Å². The minimum atomic E-state index is -1.28. The van der Waals surface area contributed by atoms with E-state index in [0.717, 1.165) is 10.9 Å². The maximum absolute atomic E-state index is 10.5. The van der Waals surface area contributed by atoms with Gasteiger partial charge in [0.15, 0.2) is 17.7 Å². The van der Waals surface area contributed by atoms with Gasteiger partial charge in [-0.3, -0.25) is 9.55 Å². The van der Waals surface area contributed by atoms with Gasteiger partial charge in [0.1, 0.15) is 29.8 Å². The normalized spacial score (nSPS) is 24.8. The molecule has 4 N–H and O–H groups in total. The number of hydrogen-bond donors (Lipinski definition) is 3. The van der Waals surface area contributed by atoms with E-state index in [2.05, 4.69) is 19.9 Å². The van der Waals surface area contributed by atoms with Gasteiger partial charge in [0.25, 0.3) is 0 Å². The second-order valence-electron chi connectivity index (χ2n) is 6.40. The fraction of sp³-hybridized carbons (Fsp3) is 0.222. The lowest BCUT2D eigenvalue weighted by molar-refractivity contribution is -0.124. The highest BCUT2D eigenvalue weighted by Crippen LogP contribution is 2.34. The van der Waals surface area contributed by atoms with Crippen LogP contribution in [0.4, 0.5) is 5.82 Å². The summed E-state index contributed by atoms with van der Waals surface area (Å²) in [5, 5.41) is 21.8. The monoisotopic (exact) mass is 380 g/mol. The Bertz CT molecular complexity index is 1160. The summed E-state index contributed by atoms with van der Waals surface area (Å²) in [5.41, 5.74) is 7.32. The van der Waals surface area contributed by atoms with E-state index in [1.54, 1.807) is 24.4 Å². The van der Waals surface area contributed by atoms with Crippen LogP contribution in [0.3, 0.4) is 0 Å². The van der Waals surface area contributed by atoms with Crippen molar-refractivity contribution in [2.45, 2.75) is 24.7 Å². The molecule has 1 saturated heterocycles. The van der Waals surface area contributed by atoms with E-state index in [9.17, 15) is 10.2 Å². The lowest BCUT2D eigenvalue weighted by atomic mass is 10.2. The maximum atomic E-state index is 10.5. The number of aliphatic hydroxyl groups is 2. The van der Waals surface area contributed by atoms with Gasteiger partial charge < -0.3 is 25.4 Å². The molecule has 0 radical (unpaired) electrons. The van der Waals surface area contributed by atoms with Crippen molar-refractivity contribution < 1.29 is 19.7 Å². The number of nitrogen functional groups attached to an aromatic ring is 1. The Kier molecular flexibility index (Phi) is 3.83. The number of hydrogen-bond acceptors (Lipinski definition) is 9. The number of fused-ring (bicyclic) bond motifs is 2. The Morgan fingerprint density at radius 1 is 1.04 bits per heavy atom. The molecule has 0 saturated carbocycles. The fourth-order valence-corrected chi connectivity index (χ4v) is 3.31. The third kappa shape index (κ3) is 2.54. The highest BCUT2D eigenvalue weighted by Gasteiger charge is 2.46. The molecule has 4 heterocycles. The van der Waals surface area contributed by atoms with Gasteiger partial charge in [0, 0.05) is 11.6 Å². The van der Waals surface area contributed by atoms with Gasteiger partial charge in [-0.2, -0.15) is 0 Å². The summed E-state index contributed by atoms with van der Waals surface area (Å²) in [4.78, 5) is 16.5. The van der Waals surface area contributed by atoms with Crippen molar-refractivity contribution in [3.63, 3.8) is 0 Å². The zero-order valence-corrected chi connectivity index (χ0v) is 14.5. The van der Waals surface area contributed by atoms with Gasteiger partial charge in [0.2, 0.25) is 6.29 Å². The van der Waals surface area contributed by atoms with Crippen LogP contribution in [0.15, 0.2) is 49.2 Å². The first-order valence-corrected chi connectivity index (χ1v) is 8.58. The molecule has 0 amide bonds. The molecule has 1 aliphatic rings. The molecule has 10 heteroatoms. The van der Waals surface area contributed by atoms with Crippen LogP contribution in [0.5, 0.6) is 5.75 Å². The predicted octanol–water partition coefficient (Wildman–Crippen LogP) is 0.612. The molecule has 4 aromatic rings. The molecule has 4 atom stereocenters. The summed E-state index contributed by atoms with van der Waals surface area (Å²) in [7, 11) is 0. The second kappa shape index (κ2) is 6.37. The number of nitrogens with two attached hydrogens (primary N) is 1. The van der Waals surface area contributed by atoms with Gasteiger partial charge in [0.05, 0.1) is 11.8 Å². The van der Waals surface area contributed by atoms with Crippen LogP contribution in [-0.4, -0.2) is 53.2 Å². The summed E-state index contributed by atoms with van der Waals surface area (Å²) in [6.07, 6.45) is -0.175. The molecule has 142 valence electrons. The minimum Gasteiger partial charge on any atom is -0.461 e. The first-order chi connectivity index (χ1) is 13.6. The lowest BCUT2D eigenvalue weighted by Crippen LogP contribution is -2.34. The van der Waals surface area contributed by atoms with E-state index in [0.29, 0.717) is 16.9 Å². The number of ether oxygens (including phenoxy) is 2. The second-order valence-corrected chi connectivity index (χ2v) is 6.40. The summed E-state index contributed by atoms with van der Waals surface area (Å²) in [5.74, 6) is 0.706. The molecular formula is C18H16N6O4. The third-order valence-electron chi connectivity index (χ3n) is 4.70. The van der Waals surface area contributed by atoms with Crippen LogP contribution < -0.4 is 10.5 Å². The zero-order valence-electron chi connectivity index (χ0n) is 14.5. The van der Waals surface area contributed by atoms with Gasteiger partial charge in [-0.15, -0.1) is 0 Å². The molecule has 0 spiro atoms. The van der Waals surface area contributed by atoms with E-state index in [-0.39, 0.29) is 5.82 Å². The number of rotatable bonds is 3. The van der Waals surface area contributed by atoms with Crippen LogP contribution in [-0.2, 0) is 4.74 Å². The largest absolute Gasteiger partial charge is 0.461 e. The van der Waals surface area contributed by atoms with E-state index in [1.165, 1.54) is 17.2 Å². The average molecular weight is 380 g/mol. The number of imidazole rings is 1. The zero-order chi connectivity index (χ0) is 19.3. The number of anilines is 1. The first kappa shape index (κ1) is 16.8. The van der Waals surface area contributed by atoms with E-state index in [1.807, 2.05) is 12.1 Å². The van der Waals surface area contributed by atoms with Gasteiger partial charge in [-0.05, 0) is 24.3 Å². The van der Waals surface area contributed by atoms with Crippen molar-refractivity contribution in [2.24, 2.45) is 0 Å². The summed E-state index contributed by atoms with van der Waals surface area (Å²) in [6.45, 7) is 0. The summed E-state index contributed by atoms with van der Waals surface area (Å²) in [6, 6.07) is 9.05. The van der Waals surface area contributed by atoms with Gasteiger partial charge >= 0.3 is 0 Å². The topological polar surface area (TPSA) is 141 Å². The highest BCUT2D eigenvalue weighted by molar-refractivity contribution is 5.84. The van der Waals surface area contributed by atoms with Crippen LogP contribution in [0, 0.1) is 0 Å². The standard InChI is InChI=1S/C18H16N6O4/c19-15-12-16(22-7-21-15)24(8-23-12)17-13(25)14(26)18(28-17)27-11-5-1-4-10-9(11)3-2-6-20-10/h1-8,13-14,17-18,25-26H,(H2,19,21,22). The van der Waals surface area contributed by atoms with Crippen molar-refractivity contribution in [1.82, 2.24) is 24.5 Å². The fourth-order valence-electron chi connectivity index (χ4n) is 3.31. The Morgan fingerprint density at radius 2 is 1.93 bits per heavy atom. The number of pyridine rings is 1. The average Bonchev–Trinajstić information content (AvgIpc) is 3.26. The Morgan fingerprint density at radius 3 is 2.82 bits per heavy atom. The van der Waals surface area contributed by atoms with E-state index >= 15 is 0 Å². The van der Waals surface area contributed by atoms with Crippen molar-refractivity contribution in [3.05, 3.63) is 49.2 Å². The quantitative estimate of drug-likeness (QED) is 0.466. The van der Waals surface area contributed by atoms with E-state index < -0.39 is 24.7 Å². The predicted molar refractivity (Wildman–Crippen MR) is 98.0 cm³/mol. The summed E-state index contributed by atoms with van der Waals surface area (Å²) < 4.78 is 13.2. The number of nitrogens with zero attached hydrogens (tertiary/aromatic N) is 5. The molecule has 1 aliphatic heterocycles. The Balaban J connectivity index is 1.47. The summed E-state index contributed by atoms with van der Waals surface area (Å²) >= 11 is 0. The van der Waals surface area contributed by atoms with Crippen molar-refractivity contribution in [2.75, 3.05) is 5.73 Å². The minimum absolute atomic E-state index is 0.216. The SMILES string of the molecule is Nc1ncnc2c1ncn2C1OC(Oc2cccc3ncccc23)C(O)C1O. The number of benzene rings is 1. The molecule has 0 aliphatic carbocycles. The van der Waals surface area contributed by atoms with Gasteiger partial charge in [-0.25, -0.2) is 15.0 Å². The van der Waals surface area contributed by atoms with Crippen molar-refractivity contribution >= 4 is 27.9 Å². The smallest absolute Gasteiger partial charge is 0.230 e. The Labute approximate surface area is 158 Å². The highest BCUT2D eigenvalue weighted by atomic mass is 16.7. The molecule has 28 heavy (non-hydrogen) atoms. The molecule has 5 rings (SSSR count). The van der Waals surface area contributed by atoms with Crippen LogP contribution in [0.1, 0.15) is 6.23 Å². The molecule has 1 aromatic carbocycles. The Hall–Kier alpha value is -3.34. The van der Waals surface area contributed by atoms with E-state index in [4.69, 9.17) is 15.2 Å². The molecular weight excluding hydrogens is 364 g/mol. The van der Waals surface area contributed by atoms with Crippen LogP contribution in [0.25, 0.3) is 22.1 Å². The molecule has 1 fully saturated rings. The van der Waals surface area contributed by atoms with Crippen molar-refractivity contribution in [3.8, 4) is 5.75 Å². The van der Waals surface area contributed by atoms with Gasteiger partial charge in [-0.1, -0.05) is 6.07 Å². The van der Waals surface area contributed by atoms with Crippen LogP contribution in [0.2, 0.25) is 0 Å². The lowest BCUT2D eigenvalue weighted by Gasteiger charge is -2.18. The maximum Gasteiger partial charge on any atom is 0.230 e. The number of aromatic nitrogens is 5.